The minimum absolute atomic E-state index is 0.0142. The third kappa shape index (κ3) is 10.2. The summed E-state index contributed by atoms with van der Waals surface area (Å²) in [4.78, 5) is 21.8. The predicted molar refractivity (Wildman–Crippen MR) is 118 cm³/mol. The van der Waals surface area contributed by atoms with E-state index in [-0.39, 0.29) is 12.5 Å². The molecule has 1 atom stereocenters. The number of halogens is 3. The van der Waals surface area contributed by atoms with Crippen LogP contribution in [0.1, 0.15) is 30.1 Å². The van der Waals surface area contributed by atoms with Crippen molar-refractivity contribution in [2.45, 2.75) is 31.5 Å². The number of ether oxygens (including phenoxy) is 2. The van der Waals surface area contributed by atoms with E-state index in [1.54, 1.807) is 0 Å². The number of aryl methyl sites for hydroxylation is 1. The van der Waals surface area contributed by atoms with Crippen molar-refractivity contribution in [1.82, 2.24) is 4.90 Å². The lowest BCUT2D eigenvalue weighted by Gasteiger charge is -2.32. The van der Waals surface area contributed by atoms with Gasteiger partial charge in [0.2, 0.25) is 0 Å². The van der Waals surface area contributed by atoms with Crippen molar-refractivity contribution in [2.75, 3.05) is 32.8 Å². The second-order valence-electron chi connectivity index (χ2n) is 7.61. The van der Waals surface area contributed by atoms with Gasteiger partial charge in [-0.2, -0.15) is 13.2 Å². The standard InChI is InChI=1S/C22H27NO4.C2HF3O2/c24-22(25)12-13-23-14-16-27-21(17-23)19-8-10-20(11-9-19)26-15-4-7-18-5-2-1-3-6-18;3-2(4,5)1(6)7/h1-3,5-6,8-11,21H,4,7,12-17H2,(H,24,25);(H,6,7). The molecule has 2 aromatic carbocycles. The summed E-state index contributed by atoms with van der Waals surface area (Å²) in [5.74, 6) is -2.65. The van der Waals surface area contributed by atoms with Gasteiger partial charge in [0.25, 0.3) is 0 Å². The maximum atomic E-state index is 10.7. The molecule has 1 saturated heterocycles. The number of carboxylic acids is 2. The molecule has 3 rings (SSSR count). The highest BCUT2D eigenvalue weighted by Gasteiger charge is 2.38. The molecule has 0 aromatic heterocycles. The topological polar surface area (TPSA) is 96.3 Å². The van der Waals surface area contributed by atoms with Crippen LogP contribution in [-0.4, -0.2) is 66.1 Å². The molecule has 2 N–H and O–H groups in total. The summed E-state index contributed by atoms with van der Waals surface area (Å²) in [6, 6.07) is 18.5. The third-order valence-corrected chi connectivity index (χ3v) is 5.01. The second kappa shape index (κ2) is 13.6. The van der Waals surface area contributed by atoms with Crippen molar-refractivity contribution in [3.8, 4) is 5.75 Å². The van der Waals surface area contributed by atoms with Gasteiger partial charge in [0.05, 0.1) is 25.7 Å². The van der Waals surface area contributed by atoms with E-state index in [4.69, 9.17) is 24.5 Å². The fourth-order valence-corrected chi connectivity index (χ4v) is 3.25. The number of hydrogen-bond acceptors (Lipinski definition) is 5. The van der Waals surface area contributed by atoms with Crippen molar-refractivity contribution in [3.63, 3.8) is 0 Å². The third-order valence-electron chi connectivity index (χ3n) is 5.01. The lowest BCUT2D eigenvalue weighted by Crippen LogP contribution is -2.39. The summed E-state index contributed by atoms with van der Waals surface area (Å²) >= 11 is 0. The fourth-order valence-electron chi connectivity index (χ4n) is 3.25. The molecule has 2 aromatic rings. The predicted octanol–water partition coefficient (Wildman–Crippen LogP) is 4.18. The molecule has 1 aliphatic heterocycles. The van der Waals surface area contributed by atoms with Gasteiger partial charge in [0.1, 0.15) is 5.75 Å². The number of aliphatic carboxylic acids is 2. The molecular weight excluding hydrogens is 455 g/mol. The van der Waals surface area contributed by atoms with Crippen molar-refractivity contribution in [3.05, 3.63) is 65.7 Å². The summed E-state index contributed by atoms with van der Waals surface area (Å²) in [6.07, 6.45) is -2.93. The lowest BCUT2D eigenvalue weighted by molar-refractivity contribution is -0.192. The highest BCUT2D eigenvalue weighted by molar-refractivity contribution is 5.73. The lowest BCUT2D eigenvalue weighted by atomic mass is 10.1. The highest BCUT2D eigenvalue weighted by atomic mass is 19.4. The van der Waals surface area contributed by atoms with Crippen LogP contribution in [0.25, 0.3) is 0 Å². The van der Waals surface area contributed by atoms with Crippen LogP contribution in [0.2, 0.25) is 0 Å². The van der Waals surface area contributed by atoms with Gasteiger partial charge in [-0.3, -0.25) is 9.69 Å². The average Bonchev–Trinajstić information content (AvgIpc) is 2.81. The number of rotatable bonds is 9. The van der Waals surface area contributed by atoms with Gasteiger partial charge in [-0.15, -0.1) is 0 Å². The summed E-state index contributed by atoms with van der Waals surface area (Å²) in [7, 11) is 0. The number of alkyl halides is 3. The van der Waals surface area contributed by atoms with E-state index < -0.39 is 18.1 Å². The maximum Gasteiger partial charge on any atom is 0.490 e. The van der Waals surface area contributed by atoms with Crippen LogP contribution >= 0.6 is 0 Å². The van der Waals surface area contributed by atoms with E-state index in [1.807, 2.05) is 30.3 Å². The van der Waals surface area contributed by atoms with Gasteiger partial charge >= 0.3 is 18.1 Å². The van der Waals surface area contributed by atoms with Crippen molar-refractivity contribution >= 4 is 11.9 Å². The zero-order valence-electron chi connectivity index (χ0n) is 18.5. The number of hydrogen-bond donors (Lipinski definition) is 2. The van der Waals surface area contributed by atoms with Crippen LogP contribution in [0, 0.1) is 0 Å². The van der Waals surface area contributed by atoms with Crippen LogP contribution < -0.4 is 4.74 Å². The summed E-state index contributed by atoms with van der Waals surface area (Å²) in [5, 5.41) is 16.0. The molecule has 7 nitrogen and oxygen atoms in total. The van der Waals surface area contributed by atoms with Gasteiger partial charge < -0.3 is 19.7 Å². The van der Waals surface area contributed by atoms with Crippen molar-refractivity contribution in [2.24, 2.45) is 0 Å². The molecule has 0 spiro atoms. The first-order valence-corrected chi connectivity index (χ1v) is 10.8. The zero-order valence-corrected chi connectivity index (χ0v) is 18.5. The molecule has 0 aliphatic carbocycles. The minimum Gasteiger partial charge on any atom is -0.494 e. The Kier molecular flexibility index (Phi) is 10.8. The van der Waals surface area contributed by atoms with Crippen LogP contribution in [0.3, 0.4) is 0 Å². The van der Waals surface area contributed by atoms with Gasteiger partial charge in [0, 0.05) is 19.6 Å². The van der Waals surface area contributed by atoms with E-state index in [2.05, 4.69) is 29.2 Å². The van der Waals surface area contributed by atoms with Crippen molar-refractivity contribution < 1.29 is 42.4 Å². The van der Waals surface area contributed by atoms with Gasteiger partial charge in [-0.05, 0) is 36.1 Å². The van der Waals surface area contributed by atoms with Gasteiger partial charge in [-0.1, -0.05) is 42.5 Å². The SMILES string of the molecule is O=C(O)C(F)(F)F.O=C(O)CCN1CCOC(c2ccc(OCCCc3ccccc3)cc2)C1. The number of carbonyl (C=O) groups is 2. The van der Waals surface area contributed by atoms with Gasteiger partial charge in [0.15, 0.2) is 0 Å². The Morgan fingerprint density at radius 3 is 2.29 bits per heavy atom. The maximum absolute atomic E-state index is 10.7. The van der Waals surface area contributed by atoms with Crippen molar-refractivity contribution in [1.29, 1.82) is 0 Å². The van der Waals surface area contributed by atoms with E-state index in [1.165, 1.54) is 5.56 Å². The first-order valence-electron chi connectivity index (χ1n) is 10.8. The quantitative estimate of drug-likeness (QED) is 0.517. The molecule has 0 saturated carbocycles. The van der Waals surface area contributed by atoms with E-state index in [0.717, 1.165) is 37.2 Å². The molecule has 0 bridgehead atoms. The van der Waals surface area contributed by atoms with Crippen LogP contribution in [-0.2, 0) is 20.7 Å². The Hall–Kier alpha value is -3.11. The van der Waals surface area contributed by atoms with Crippen LogP contribution in [0.15, 0.2) is 54.6 Å². The van der Waals surface area contributed by atoms with Crippen LogP contribution in [0.4, 0.5) is 13.2 Å². The average molecular weight is 483 g/mol. The molecule has 34 heavy (non-hydrogen) atoms. The van der Waals surface area contributed by atoms with E-state index in [0.29, 0.717) is 19.8 Å². The fraction of sp³-hybridized carbons (Fsp3) is 0.417. The Bertz CT molecular complexity index is 890. The number of benzene rings is 2. The normalized spacial score (nSPS) is 16.3. The molecule has 1 fully saturated rings. The largest absolute Gasteiger partial charge is 0.494 e. The molecular formula is C24H28F3NO6. The molecule has 10 heteroatoms. The first kappa shape index (κ1) is 27.1. The summed E-state index contributed by atoms with van der Waals surface area (Å²) in [6.45, 7) is 3.40. The van der Waals surface area contributed by atoms with Crippen LogP contribution in [0.5, 0.6) is 5.75 Å². The van der Waals surface area contributed by atoms with E-state index in [9.17, 15) is 18.0 Å². The van der Waals surface area contributed by atoms with Gasteiger partial charge in [-0.25, -0.2) is 4.79 Å². The van der Waals surface area contributed by atoms with E-state index >= 15 is 0 Å². The Labute approximate surface area is 195 Å². The Balaban J connectivity index is 0.000000509. The smallest absolute Gasteiger partial charge is 0.490 e. The Morgan fingerprint density at radius 2 is 1.71 bits per heavy atom. The summed E-state index contributed by atoms with van der Waals surface area (Å²) in [5.41, 5.74) is 2.44. The number of nitrogens with zero attached hydrogens (tertiary/aromatic N) is 1. The minimum atomic E-state index is -5.08. The zero-order chi connectivity index (χ0) is 25.0. The molecule has 186 valence electrons. The molecule has 0 amide bonds. The molecule has 1 unspecified atom stereocenters. The Morgan fingerprint density at radius 1 is 1.06 bits per heavy atom. The highest BCUT2D eigenvalue weighted by Crippen LogP contribution is 2.24. The molecule has 1 heterocycles. The molecule has 1 aliphatic rings. The second-order valence-corrected chi connectivity index (χ2v) is 7.61. The number of carboxylic acid groups (broad SMARTS) is 2. The first-order chi connectivity index (χ1) is 16.1. The summed E-state index contributed by atoms with van der Waals surface area (Å²) < 4.78 is 43.4. The molecule has 0 radical (unpaired) electrons. The number of morpholine rings is 1. The monoisotopic (exact) mass is 483 g/mol.